The van der Waals surface area contributed by atoms with E-state index in [0.717, 1.165) is 37.4 Å². The standard InChI is InChI=1S/C23H29FN8O2/c24-17-1-3-18(4-2-17)32-22-19(15-26-32)21(30-7-5-16(6-8-30)20(25)34)27-23(28-22)31-11-9-29(10-12-31)13-14-33/h1-4,15-16,33H,5-14H2,(H2,25,34). The van der Waals surface area contributed by atoms with Gasteiger partial charge in [-0.3, -0.25) is 9.69 Å². The molecule has 5 rings (SSSR count). The van der Waals surface area contributed by atoms with Crippen LogP contribution in [0.4, 0.5) is 16.2 Å². The number of carbonyl (C=O) groups excluding carboxylic acids is 1. The Labute approximate surface area is 196 Å². The summed E-state index contributed by atoms with van der Waals surface area (Å²) in [5, 5.41) is 14.6. The minimum atomic E-state index is -0.311. The molecule has 2 aromatic heterocycles. The highest BCUT2D eigenvalue weighted by Crippen LogP contribution is 2.31. The maximum Gasteiger partial charge on any atom is 0.229 e. The van der Waals surface area contributed by atoms with Crippen molar-refractivity contribution in [2.45, 2.75) is 12.8 Å². The summed E-state index contributed by atoms with van der Waals surface area (Å²) < 4.78 is 15.2. The number of β-amino-alcohol motifs (C(OH)–C–C–N with tert-alkyl or cyclic N) is 1. The van der Waals surface area contributed by atoms with Crippen LogP contribution >= 0.6 is 0 Å². The Balaban J connectivity index is 1.52. The highest BCUT2D eigenvalue weighted by Gasteiger charge is 2.28. The number of nitrogens with zero attached hydrogens (tertiary/aromatic N) is 7. The Morgan fingerprint density at radius 1 is 1.03 bits per heavy atom. The number of piperidine rings is 1. The number of anilines is 2. The van der Waals surface area contributed by atoms with Crippen molar-refractivity contribution in [2.75, 3.05) is 62.2 Å². The van der Waals surface area contributed by atoms with Crippen molar-refractivity contribution in [1.82, 2.24) is 24.6 Å². The van der Waals surface area contributed by atoms with E-state index in [4.69, 9.17) is 15.7 Å². The molecule has 2 aliphatic rings. The Morgan fingerprint density at radius 2 is 1.74 bits per heavy atom. The van der Waals surface area contributed by atoms with Gasteiger partial charge in [-0.05, 0) is 37.1 Å². The molecule has 1 amide bonds. The van der Waals surface area contributed by atoms with Gasteiger partial charge in [0.2, 0.25) is 11.9 Å². The maximum absolute atomic E-state index is 13.5. The molecular formula is C23H29FN8O2. The van der Waals surface area contributed by atoms with Crippen molar-refractivity contribution >= 4 is 28.7 Å². The number of hydrogen-bond donors (Lipinski definition) is 2. The number of piperazine rings is 1. The molecule has 2 fully saturated rings. The molecule has 0 radical (unpaired) electrons. The van der Waals surface area contributed by atoms with Crippen LogP contribution in [0.15, 0.2) is 30.5 Å². The van der Waals surface area contributed by atoms with Gasteiger partial charge < -0.3 is 20.6 Å². The first-order valence-electron chi connectivity index (χ1n) is 11.7. The number of halogens is 1. The van der Waals surface area contributed by atoms with E-state index in [1.54, 1.807) is 23.0 Å². The van der Waals surface area contributed by atoms with E-state index in [0.29, 0.717) is 49.8 Å². The van der Waals surface area contributed by atoms with Gasteiger partial charge in [-0.25, -0.2) is 9.07 Å². The van der Waals surface area contributed by atoms with Crippen molar-refractivity contribution in [3.63, 3.8) is 0 Å². The van der Waals surface area contributed by atoms with Gasteiger partial charge in [0.15, 0.2) is 5.65 Å². The number of aliphatic hydroxyl groups is 1. The second-order valence-electron chi connectivity index (χ2n) is 8.83. The van der Waals surface area contributed by atoms with Crippen LogP contribution in [0.25, 0.3) is 16.7 Å². The number of aliphatic hydroxyl groups excluding tert-OH is 1. The molecular weight excluding hydrogens is 439 g/mol. The van der Waals surface area contributed by atoms with E-state index in [2.05, 4.69) is 19.8 Å². The van der Waals surface area contributed by atoms with E-state index in [1.807, 2.05) is 0 Å². The SMILES string of the molecule is NC(=O)C1CCN(c2nc(N3CCN(CCO)CC3)nc3c2cnn3-c2ccc(F)cc2)CC1. The molecule has 0 unspecified atom stereocenters. The predicted molar refractivity (Wildman–Crippen MR) is 126 cm³/mol. The van der Waals surface area contributed by atoms with Crippen LogP contribution in [-0.2, 0) is 4.79 Å². The minimum absolute atomic E-state index is 0.116. The molecule has 0 bridgehead atoms. The number of aromatic nitrogens is 4. The average Bonchev–Trinajstić information content (AvgIpc) is 3.29. The van der Waals surface area contributed by atoms with Gasteiger partial charge in [-0.2, -0.15) is 15.1 Å². The minimum Gasteiger partial charge on any atom is -0.395 e. The lowest BCUT2D eigenvalue weighted by molar-refractivity contribution is -0.122. The highest BCUT2D eigenvalue weighted by molar-refractivity contribution is 5.89. The molecule has 180 valence electrons. The first-order valence-corrected chi connectivity index (χ1v) is 11.7. The molecule has 3 aromatic rings. The molecule has 3 N–H and O–H groups in total. The van der Waals surface area contributed by atoms with Gasteiger partial charge in [0.25, 0.3) is 0 Å². The number of primary amides is 1. The van der Waals surface area contributed by atoms with Gasteiger partial charge in [-0.1, -0.05) is 0 Å². The zero-order valence-corrected chi connectivity index (χ0v) is 19.0. The van der Waals surface area contributed by atoms with Crippen LogP contribution in [0, 0.1) is 11.7 Å². The summed E-state index contributed by atoms with van der Waals surface area (Å²) in [6, 6.07) is 6.16. The summed E-state index contributed by atoms with van der Waals surface area (Å²) >= 11 is 0. The van der Waals surface area contributed by atoms with Crippen LogP contribution in [0.1, 0.15) is 12.8 Å². The molecule has 0 aliphatic carbocycles. The summed E-state index contributed by atoms with van der Waals surface area (Å²) in [5.74, 6) is 0.725. The lowest BCUT2D eigenvalue weighted by atomic mass is 9.96. The monoisotopic (exact) mass is 468 g/mol. The van der Waals surface area contributed by atoms with Gasteiger partial charge >= 0.3 is 0 Å². The molecule has 34 heavy (non-hydrogen) atoms. The topological polar surface area (TPSA) is 117 Å². The van der Waals surface area contributed by atoms with Gasteiger partial charge in [-0.15, -0.1) is 0 Å². The van der Waals surface area contributed by atoms with E-state index < -0.39 is 0 Å². The average molecular weight is 469 g/mol. The van der Waals surface area contributed by atoms with Crippen LogP contribution in [0.5, 0.6) is 0 Å². The summed E-state index contributed by atoms with van der Waals surface area (Å²) in [6.45, 7) is 5.28. The van der Waals surface area contributed by atoms with Crippen molar-refractivity contribution in [1.29, 1.82) is 0 Å². The molecule has 4 heterocycles. The van der Waals surface area contributed by atoms with Crippen molar-refractivity contribution < 1.29 is 14.3 Å². The number of nitrogens with two attached hydrogens (primary N) is 1. The third kappa shape index (κ3) is 4.40. The first kappa shape index (κ1) is 22.5. The van der Waals surface area contributed by atoms with Crippen molar-refractivity contribution in [3.05, 3.63) is 36.3 Å². The molecule has 1 aromatic carbocycles. The lowest BCUT2D eigenvalue weighted by Gasteiger charge is -2.35. The second-order valence-corrected chi connectivity index (χ2v) is 8.83. The Hall–Kier alpha value is -3.31. The van der Waals surface area contributed by atoms with E-state index in [-0.39, 0.29) is 24.2 Å². The molecule has 2 aliphatic heterocycles. The number of amides is 1. The summed E-state index contributed by atoms with van der Waals surface area (Å²) in [6.07, 6.45) is 3.11. The summed E-state index contributed by atoms with van der Waals surface area (Å²) in [7, 11) is 0. The molecule has 0 atom stereocenters. The third-order valence-electron chi connectivity index (χ3n) is 6.74. The molecule has 0 saturated carbocycles. The third-order valence-corrected chi connectivity index (χ3v) is 6.74. The van der Waals surface area contributed by atoms with Gasteiger partial charge in [0.05, 0.1) is 23.9 Å². The molecule has 10 nitrogen and oxygen atoms in total. The fraction of sp³-hybridized carbons (Fsp3) is 0.478. The molecule has 11 heteroatoms. The number of carbonyl (C=O) groups is 1. The van der Waals surface area contributed by atoms with Gasteiger partial charge in [0, 0.05) is 51.7 Å². The number of fused-ring (bicyclic) bond motifs is 1. The van der Waals surface area contributed by atoms with E-state index >= 15 is 0 Å². The fourth-order valence-corrected chi connectivity index (χ4v) is 4.72. The van der Waals surface area contributed by atoms with Crippen molar-refractivity contribution in [3.8, 4) is 5.69 Å². The van der Waals surface area contributed by atoms with Crippen LogP contribution in [0.2, 0.25) is 0 Å². The second kappa shape index (κ2) is 9.51. The fourth-order valence-electron chi connectivity index (χ4n) is 4.72. The number of rotatable bonds is 6. The summed E-state index contributed by atoms with van der Waals surface area (Å²) in [4.78, 5) is 28.0. The Morgan fingerprint density at radius 3 is 2.38 bits per heavy atom. The van der Waals surface area contributed by atoms with E-state index in [9.17, 15) is 14.3 Å². The molecule has 2 saturated heterocycles. The zero-order chi connectivity index (χ0) is 23.7. The van der Waals surface area contributed by atoms with Crippen LogP contribution < -0.4 is 15.5 Å². The van der Waals surface area contributed by atoms with Gasteiger partial charge in [0.1, 0.15) is 11.6 Å². The van der Waals surface area contributed by atoms with Crippen LogP contribution in [0.3, 0.4) is 0 Å². The molecule has 0 spiro atoms. The number of benzene rings is 1. The summed E-state index contributed by atoms with van der Waals surface area (Å²) in [5.41, 5.74) is 6.89. The highest BCUT2D eigenvalue weighted by atomic mass is 19.1. The Bertz CT molecular complexity index is 1150. The quantitative estimate of drug-likeness (QED) is 0.545. The lowest BCUT2D eigenvalue weighted by Crippen LogP contribution is -2.48. The maximum atomic E-state index is 13.5. The normalized spacial score (nSPS) is 18.1. The Kier molecular flexibility index (Phi) is 6.29. The first-order chi connectivity index (χ1) is 16.5. The smallest absolute Gasteiger partial charge is 0.229 e. The van der Waals surface area contributed by atoms with Crippen molar-refractivity contribution in [2.24, 2.45) is 11.7 Å². The predicted octanol–water partition coefficient (Wildman–Crippen LogP) is 0.771. The van der Waals surface area contributed by atoms with E-state index in [1.165, 1.54) is 12.1 Å². The number of hydrogen-bond acceptors (Lipinski definition) is 8. The zero-order valence-electron chi connectivity index (χ0n) is 19.0. The largest absolute Gasteiger partial charge is 0.395 e. The van der Waals surface area contributed by atoms with Crippen LogP contribution in [-0.4, -0.2) is 88.1 Å².